The van der Waals surface area contributed by atoms with Crippen molar-refractivity contribution in [1.82, 2.24) is 15.8 Å². The Hall–Kier alpha value is -1.57. The molecule has 0 saturated heterocycles. The fraction of sp³-hybridized carbons (Fsp3) is 0.474. The van der Waals surface area contributed by atoms with Crippen LogP contribution < -0.4 is 10.6 Å². The number of aryl methyl sites for hydroxylation is 3. The zero-order valence-corrected chi connectivity index (χ0v) is 17.7. The van der Waals surface area contributed by atoms with Crippen LogP contribution in [0.25, 0.3) is 0 Å². The minimum atomic E-state index is 0. The first-order valence-corrected chi connectivity index (χ1v) is 8.73. The van der Waals surface area contributed by atoms with Gasteiger partial charge in [-0.1, -0.05) is 49.3 Å². The van der Waals surface area contributed by atoms with Gasteiger partial charge in [0.25, 0.3) is 0 Å². The average Bonchev–Trinajstić information content (AvgIpc) is 3.04. The summed E-state index contributed by atoms with van der Waals surface area (Å²) in [7, 11) is 1.79. The van der Waals surface area contributed by atoms with Crippen molar-refractivity contribution in [2.45, 2.75) is 46.1 Å². The van der Waals surface area contributed by atoms with Crippen LogP contribution in [-0.2, 0) is 25.8 Å². The summed E-state index contributed by atoms with van der Waals surface area (Å²) < 4.78 is 5.40. The Morgan fingerprint density at radius 1 is 1.12 bits per heavy atom. The maximum Gasteiger partial charge on any atom is 0.191 e. The maximum absolute atomic E-state index is 5.40. The molecule has 0 fully saturated rings. The molecule has 0 saturated carbocycles. The van der Waals surface area contributed by atoms with E-state index in [0.717, 1.165) is 55.2 Å². The maximum atomic E-state index is 5.40. The van der Waals surface area contributed by atoms with Crippen LogP contribution in [0.4, 0.5) is 0 Å². The highest BCUT2D eigenvalue weighted by Crippen LogP contribution is 2.15. The second kappa shape index (κ2) is 11.9. The molecule has 5 nitrogen and oxygen atoms in total. The van der Waals surface area contributed by atoms with Gasteiger partial charge in [0.2, 0.25) is 0 Å². The molecule has 138 valence electrons. The minimum Gasteiger partial charge on any atom is -0.361 e. The number of hydrogen-bond donors (Lipinski definition) is 2. The van der Waals surface area contributed by atoms with E-state index in [4.69, 9.17) is 4.52 Å². The van der Waals surface area contributed by atoms with Crippen LogP contribution >= 0.6 is 24.0 Å². The van der Waals surface area contributed by atoms with Gasteiger partial charge in [-0.25, -0.2) is 0 Å². The van der Waals surface area contributed by atoms with Crippen molar-refractivity contribution in [2.24, 2.45) is 4.99 Å². The highest BCUT2D eigenvalue weighted by atomic mass is 127. The van der Waals surface area contributed by atoms with E-state index in [-0.39, 0.29) is 24.0 Å². The van der Waals surface area contributed by atoms with Gasteiger partial charge in [-0.3, -0.25) is 4.99 Å². The lowest BCUT2D eigenvalue weighted by Crippen LogP contribution is -2.37. The first kappa shape index (κ1) is 21.5. The monoisotopic (exact) mass is 456 g/mol. The van der Waals surface area contributed by atoms with Crippen molar-refractivity contribution in [3.05, 3.63) is 52.9 Å². The first-order chi connectivity index (χ1) is 11.8. The molecular weight excluding hydrogens is 427 g/mol. The second-order valence-corrected chi connectivity index (χ2v) is 5.68. The fourth-order valence-corrected chi connectivity index (χ4v) is 2.67. The lowest BCUT2D eigenvalue weighted by molar-refractivity contribution is 0.380. The zero-order valence-electron chi connectivity index (χ0n) is 15.3. The van der Waals surface area contributed by atoms with E-state index in [1.54, 1.807) is 7.05 Å². The Morgan fingerprint density at radius 3 is 2.52 bits per heavy atom. The van der Waals surface area contributed by atoms with E-state index in [1.807, 2.05) is 6.07 Å². The van der Waals surface area contributed by atoms with E-state index < -0.39 is 0 Å². The molecule has 25 heavy (non-hydrogen) atoms. The summed E-state index contributed by atoms with van der Waals surface area (Å²) in [6, 6.07) is 10.5. The van der Waals surface area contributed by atoms with Gasteiger partial charge >= 0.3 is 0 Å². The Bertz CT molecular complexity index is 619. The van der Waals surface area contributed by atoms with E-state index in [0.29, 0.717) is 6.54 Å². The minimum absolute atomic E-state index is 0. The summed E-state index contributed by atoms with van der Waals surface area (Å²) in [4.78, 5) is 4.29. The molecule has 0 unspecified atom stereocenters. The summed E-state index contributed by atoms with van der Waals surface area (Å²) in [6.07, 6.45) is 3.87. The molecule has 0 atom stereocenters. The van der Waals surface area contributed by atoms with Crippen LogP contribution in [0.2, 0.25) is 0 Å². The molecule has 1 aromatic carbocycles. The number of nitrogens with one attached hydrogen (secondary N) is 2. The summed E-state index contributed by atoms with van der Waals surface area (Å²) in [5.74, 6) is 1.77. The van der Waals surface area contributed by atoms with E-state index >= 15 is 0 Å². The molecule has 0 radical (unpaired) electrons. The smallest absolute Gasteiger partial charge is 0.191 e. The highest BCUT2D eigenvalue weighted by molar-refractivity contribution is 14.0. The molecule has 6 heteroatoms. The van der Waals surface area contributed by atoms with Gasteiger partial charge in [0.1, 0.15) is 5.76 Å². The van der Waals surface area contributed by atoms with Crippen LogP contribution in [0, 0.1) is 0 Å². The third-order valence-electron chi connectivity index (χ3n) is 4.04. The number of hydrogen-bond acceptors (Lipinski definition) is 3. The summed E-state index contributed by atoms with van der Waals surface area (Å²) in [5.41, 5.74) is 3.55. The summed E-state index contributed by atoms with van der Waals surface area (Å²) in [6.45, 7) is 5.76. The van der Waals surface area contributed by atoms with Crippen LogP contribution in [0.15, 0.2) is 39.8 Å². The average molecular weight is 456 g/mol. The Morgan fingerprint density at radius 2 is 1.88 bits per heavy atom. The molecule has 0 aliphatic rings. The number of guanidine groups is 1. The van der Waals surface area contributed by atoms with Gasteiger partial charge in [-0.15, -0.1) is 24.0 Å². The third kappa shape index (κ3) is 6.68. The SMILES string of the molecule is CCc1noc(CC)c1CNC(=NC)NCCCc1ccccc1.I. The normalized spacial score (nSPS) is 11.1. The molecule has 0 amide bonds. The van der Waals surface area contributed by atoms with Crippen molar-refractivity contribution in [3.8, 4) is 0 Å². The lowest BCUT2D eigenvalue weighted by Gasteiger charge is -2.12. The topological polar surface area (TPSA) is 62.5 Å². The van der Waals surface area contributed by atoms with E-state index in [2.05, 4.69) is 58.9 Å². The Labute approximate surface area is 167 Å². The first-order valence-electron chi connectivity index (χ1n) is 8.73. The lowest BCUT2D eigenvalue weighted by atomic mass is 10.1. The van der Waals surface area contributed by atoms with Crippen molar-refractivity contribution < 1.29 is 4.52 Å². The van der Waals surface area contributed by atoms with Gasteiger partial charge in [-0.05, 0) is 24.8 Å². The number of rotatable bonds is 8. The third-order valence-corrected chi connectivity index (χ3v) is 4.04. The number of aliphatic imine (C=N–C) groups is 1. The van der Waals surface area contributed by atoms with Crippen molar-refractivity contribution in [2.75, 3.05) is 13.6 Å². The Balaban J connectivity index is 0.00000312. The van der Waals surface area contributed by atoms with Gasteiger partial charge in [0.15, 0.2) is 5.96 Å². The number of halogens is 1. The highest BCUT2D eigenvalue weighted by Gasteiger charge is 2.13. The van der Waals surface area contributed by atoms with Gasteiger partial charge in [-0.2, -0.15) is 0 Å². The van der Waals surface area contributed by atoms with Crippen LogP contribution in [0.5, 0.6) is 0 Å². The second-order valence-electron chi connectivity index (χ2n) is 5.68. The van der Waals surface area contributed by atoms with E-state index in [1.165, 1.54) is 5.56 Å². The largest absolute Gasteiger partial charge is 0.361 e. The number of nitrogens with zero attached hydrogens (tertiary/aromatic N) is 2. The van der Waals surface area contributed by atoms with Crippen molar-refractivity contribution in [3.63, 3.8) is 0 Å². The van der Waals surface area contributed by atoms with Crippen LogP contribution in [0.1, 0.15) is 42.8 Å². The molecule has 0 spiro atoms. The molecule has 1 aromatic heterocycles. The van der Waals surface area contributed by atoms with E-state index in [9.17, 15) is 0 Å². The molecule has 0 bridgehead atoms. The zero-order chi connectivity index (χ0) is 17.2. The summed E-state index contributed by atoms with van der Waals surface area (Å²) in [5, 5.41) is 10.9. The number of benzene rings is 1. The number of aromatic nitrogens is 1. The van der Waals surface area contributed by atoms with Crippen molar-refractivity contribution >= 4 is 29.9 Å². The molecular formula is C19H29IN4O. The quantitative estimate of drug-likeness (QED) is 0.275. The molecule has 2 aromatic rings. The van der Waals surface area contributed by atoms with Gasteiger partial charge < -0.3 is 15.2 Å². The standard InChI is InChI=1S/C19H28N4O.HI/c1-4-17-16(18(5-2)24-23-17)14-22-19(20-3)21-13-9-12-15-10-7-6-8-11-15;/h6-8,10-11H,4-5,9,12-14H2,1-3H3,(H2,20,21,22);1H. The predicted molar refractivity (Wildman–Crippen MR) is 114 cm³/mol. The summed E-state index contributed by atoms with van der Waals surface area (Å²) >= 11 is 0. The molecule has 0 aliphatic carbocycles. The predicted octanol–water partition coefficient (Wildman–Crippen LogP) is 3.72. The van der Waals surface area contributed by atoms with Gasteiger partial charge in [0, 0.05) is 32.1 Å². The Kier molecular flexibility index (Phi) is 10.2. The molecule has 2 rings (SSSR count). The van der Waals surface area contributed by atoms with Crippen LogP contribution in [0.3, 0.4) is 0 Å². The molecule has 1 heterocycles. The molecule has 2 N–H and O–H groups in total. The van der Waals surface area contributed by atoms with Crippen LogP contribution in [-0.4, -0.2) is 24.7 Å². The van der Waals surface area contributed by atoms with Crippen molar-refractivity contribution in [1.29, 1.82) is 0 Å². The van der Waals surface area contributed by atoms with Gasteiger partial charge in [0.05, 0.1) is 5.69 Å². The fourth-order valence-electron chi connectivity index (χ4n) is 2.67. The molecule has 0 aliphatic heterocycles.